The highest BCUT2D eigenvalue weighted by atomic mass is 16.2. The van der Waals surface area contributed by atoms with Crippen molar-refractivity contribution in [3.05, 3.63) is 204 Å². The molecule has 0 saturated carbocycles. The first-order valence-corrected chi connectivity index (χ1v) is 18.9. The molecule has 6 nitrogen and oxygen atoms in total. The largest absolute Gasteiger partial charge is 0.307 e. The second-order valence-corrected chi connectivity index (χ2v) is 14.2. The molecule has 1 aliphatic rings. The van der Waals surface area contributed by atoms with E-state index in [2.05, 4.69) is 16.7 Å². The van der Waals surface area contributed by atoms with Crippen LogP contribution in [-0.2, 0) is 0 Å². The lowest BCUT2D eigenvalue weighted by atomic mass is 9.96. The van der Waals surface area contributed by atoms with Gasteiger partial charge in [0.2, 0.25) is 0 Å². The number of carbonyl (C=O) groups is 2. The molecule has 0 radical (unpaired) electrons. The average molecular weight is 743 g/mol. The summed E-state index contributed by atoms with van der Waals surface area (Å²) in [5.41, 5.74) is 10.6. The van der Waals surface area contributed by atoms with Crippen LogP contribution in [0.4, 0.5) is 5.69 Å². The summed E-state index contributed by atoms with van der Waals surface area (Å²) in [6.45, 7) is 0. The van der Waals surface area contributed by atoms with E-state index >= 15 is 4.79 Å². The highest BCUT2D eigenvalue weighted by molar-refractivity contribution is 6.37. The summed E-state index contributed by atoms with van der Waals surface area (Å²) < 4.78 is 2.06. The Morgan fingerprint density at radius 3 is 1.47 bits per heavy atom. The Kier molecular flexibility index (Phi) is 8.11. The van der Waals surface area contributed by atoms with Gasteiger partial charge in [-0.3, -0.25) is 9.59 Å². The topological polar surface area (TPSA) is 89.9 Å². The lowest BCUT2D eigenvalue weighted by Crippen LogP contribution is -2.30. The average Bonchev–Trinajstić information content (AvgIpc) is 3.77. The van der Waals surface area contributed by atoms with Crippen molar-refractivity contribution >= 4 is 39.3 Å². The zero-order chi connectivity index (χ0) is 39.3. The number of rotatable bonds is 6. The molecule has 0 atom stereocenters. The van der Waals surface area contributed by atoms with Crippen LogP contribution in [0.1, 0.15) is 31.8 Å². The van der Waals surface area contributed by atoms with Crippen LogP contribution in [0.3, 0.4) is 0 Å². The molecule has 0 fully saturated rings. The number of para-hydroxylation sites is 2. The van der Waals surface area contributed by atoms with Crippen molar-refractivity contribution in [3.8, 4) is 62.3 Å². The molecule has 8 aromatic carbocycles. The fourth-order valence-corrected chi connectivity index (χ4v) is 8.48. The summed E-state index contributed by atoms with van der Waals surface area (Å²) in [6.07, 6.45) is 0. The van der Waals surface area contributed by atoms with Gasteiger partial charge in [0.05, 0.1) is 56.8 Å². The highest BCUT2D eigenvalue weighted by Crippen LogP contribution is 2.46. The molecule has 270 valence electrons. The van der Waals surface area contributed by atoms with Crippen molar-refractivity contribution in [2.24, 2.45) is 0 Å². The lowest BCUT2D eigenvalue weighted by Gasteiger charge is -2.20. The van der Waals surface area contributed by atoms with E-state index in [-0.39, 0.29) is 11.1 Å². The highest BCUT2D eigenvalue weighted by Gasteiger charge is 2.41. The Bertz CT molecular complexity index is 3130. The van der Waals surface area contributed by atoms with E-state index in [4.69, 9.17) is 0 Å². The lowest BCUT2D eigenvalue weighted by molar-refractivity contribution is 0.0926. The molecule has 0 saturated heterocycles. The number of benzene rings is 8. The Labute approximate surface area is 334 Å². The predicted molar refractivity (Wildman–Crippen MR) is 230 cm³/mol. The van der Waals surface area contributed by atoms with E-state index in [0.29, 0.717) is 22.5 Å². The molecule has 1 aliphatic heterocycles. The van der Waals surface area contributed by atoms with E-state index in [1.807, 2.05) is 164 Å². The number of hydrogen-bond acceptors (Lipinski definition) is 4. The van der Waals surface area contributed by atoms with E-state index in [0.717, 1.165) is 66.3 Å². The molecule has 9 aromatic rings. The normalized spacial score (nSPS) is 12.1. The van der Waals surface area contributed by atoms with Gasteiger partial charge in [0, 0.05) is 38.6 Å². The van der Waals surface area contributed by atoms with Gasteiger partial charge in [-0.2, -0.15) is 10.5 Å². The fourth-order valence-electron chi connectivity index (χ4n) is 8.48. The van der Waals surface area contributed by atoms with E-state index < -0.39 is 11.8 Å². The van der Waals surface area contributed by atoms with Gasteiger partial charge >= 0.3 is 0 Å². The Morgan fingerprint density at radius 1 is 0.379 bits per heavy atom. The van der Waals surface area contributed by atoms with Gasteiger partial charge in [-0.1, -0.05) is 152 Å². The molecule has 0 unspecified atom stereocenters. The van der Waals surface area contributed by atoms with Crippen LogP contribution >= 0.6 is 0 Å². The first-order valence-electron chi connectivity index (χ1n) is 18.9. The van der Waals surface area contributed by atoms with Crippen LogP contribution in [0.25, 0.3) is 72.0 Å². The van der Waals surface area contributed by atoms with Crippen LogP contribution < -0.4 is 4.90 Å². The molecule has 58 heavy (non-hydrogen) atoms. The molecule has 6 heteroatoms. The van der Waals surface area contributed by atoms with E-state index in [1.54, 1.807) is 18.2 Å². The number of carbonyl (C=O) groups excluding carboxylic acids is 2. The van der Waals surface area contributed by atoms with Crippen molar-refractivity contribution in [2.45, 2.75) is 0 Å². The van der Waals surface area contributed by atoms with Crippen LogP contribution in [0.5, 0.6) is 0 Å². The summed E-state index contributed by atoms with van der Waals surface area (Å²) >= 11 is 0. The molecule has 10 rings (SSSR count). The molecule has 0 spiro atoms. The Hall–Kier alpha value is -8.32. The third kappa shape index (κ3) is 5.25. The predicted octanol–water partition coefficient (Wildman–Crippen LogP) is 12.0. The van der Waals surface area contributed by atoms with Gasteiger partial charge in [0.15, 0.2) is 0 Å². The number of imide groups is 1. The summed E-state index contributed by atoms with van der Waals surface area (Å²) in [5, 5.41) is 22.3. The third-order valence-electron chi connectivity index (χ3n) is 11.0. The van der Waals surface area contributed by atoms with Gasteiger partial charge in [-0.15, -0.1) is 0 Å². The molecule has 0 aliphatic carbocycles. The zero-order valence-electron chi connectivity index (χ0n) is 30.9. The zero-order valence-corrected chi connectivity index (χ0v) is 30.9. The van der Waals surface area contributed by atoms with Crippen molar-refractivity contribution in [2.75, 3.05) is 4.90 Å². The quantitative estimate of drug-likeness (QED) is 0.159. The number of fused-ring (bicyclic) bond motifs is 4. The van der Waals surface area contributed by atoms with Gasteiger partial charge < -0.3 is 4.57 Å². The van der Waals surface area contributed by atoms with Crippen LogP contribution in [0.15, 0.2) is 182 Å². The van der Waals surface area contributed by atoms with Crippen molar-refractivity contribution in [3.63, 3.8) is 0 Å². The Balaban J connectivity index is 1.28. The van der Waals surface area contributed by atoms with Crippen molar-refractivity contribution in [1.29, 1.82) is 10.5 Å². The smallest absolute Gasteiger partial charge is 0.268 e. The number of hydrogen-bond donors (Lipinski definition) is 0. The second kappa shape index (κ2) is 13.8. The molecular formula is C52H30N4O2. The van der Waals surface area contributed by atoms with Crippen molar-refractivity contribution < 1.29 is 9.59 Å². The second-order valence-electron chi connectivity index (χ2n) is 14.2. The number of nitriles is 2. The van der Waals surface area contributed by atoms with E-state index in [1.165, 1.54) is 4.90 Å². The summed E-state index contributed by atoms with van der Waals surface area (Å²) in [7, 11) is 0. The minimum Gasteiger partial charge on any atom is -0.307 e. The monoisotopic (exact) mass is 742 g/mol. The SMILES string of the molecule is N#Cc1ccccc1-c1cccc2c3cccc(-c4ccccc4C#N)c3n(-c3cccc4c3C(=O)N(c3cc(-c5ccccc5)ccc3-c3ccccc3)C4=O)c12. The third-order valence-corrected chi connectivity index (χ3v) is 11.0. The number of nitrogens with zero attached hydrogens (tertiary/aromatic N) is 4. The fraction of sp³-hybridized carbons (Fsp3) is 0. The molecule has 2 heterocycles. The standard InChI is InChI=1S/C52H30N4O2/c53-31-36-18-7-9-20-38(36)41-22-11-24-43-44-25-12-23-42(39-21-10-8-19-37(39)32-54)50(44)55(49(41)43)46-27-13-26-45-48(46)52(58)56(51(45)57)47-30-35(33-14-3-1-4-15-33)28-29-40(47)34-16-5-2-6-17-34/h1-30H. The molecule has 0 N–H and O–H groups in total. The number of aromatic nitrogens is 1. The van der Waals surface area contributed by atoms with Crippen molar-refractivity contribution in [1.82, 2.24) is 4.57 Å². The number of amides is 2. The molecule has 0 bridgehead atoms. The van der Waals surface area contributed by atoms with Crippen LogP contribution in [0, 0.1) is 22.7 Å². The molecule has 1 aromatic heterocycles. The van der Waals surface area contributed by atoms with E-state index in [9.17, 15) is 15.3 Å². The minimum atomic E-state index is -0.446. The van der Waals surface area contributed by atoms with Gasteiger partial charge in [-0.25, -0.2) is 4.90 Å². The van der Waals surface area contributed by atoms with Gasteiger partial charge in [0.25, 0.3) is 11.8 Å². The number of anilines is 1. The summed E-state index contributed by atoms with van der Waals surface area (Å²) in [6, 6.07) is 62.7. The maximum atomic E-state index is 15.3. The maximum absolute atomic E-state index is 15.3. The van der Waals surface area contributed by atoms with Crippen LogP contribution in [-0.4, -0.2) is 16.4 Å². The molecule has 2 amide bonds. The maximum Gasteiger partial charge on any atom is 0.268 e. The first kappa shape index (κ1) is 34.2. The summed E-state index contributed by atoms with van der Waals surface area (Å²) in [4.78, 5) is 31.5. The van der Waals surface area contributed by atoms with Gasteiger partial charge in [-0.05, 0) is 47.0 Å². The first-order chi connectivity index (χ1) is 28.6. The summed E-state index contributed by atoms with van der Waals surface area (Å²) in [5.74, 6) is -0.868. The minimum absolute atomic E-state index is 0.266. The van der Waals surface area contributed by atoms with Crippen LogP contribution in [0.2, 0.25) is 0 Å². The Morgan fingerprint density at radius 2 is 0.879 bits per heavy atom. The van der Waals surface area contributed by atoms with Gasteiger partial charge in [0.1, 0.15) is 0 Å². The molecular weight excluding hydrogens is 713 g/mol.